The molecular weight excluding hydrogens is 196 g/mol. The van der Waals surface area contributed by atoms with E-state index in [-0.39, 0.29) is 24.3 Å². The predicted molar refractivity (Wildman–Crippen MR) is 57.0 cm³/mol. The third kappa shape index (κ3) is 4.29. The highest BCUT2D eigenvalue weighted by molar-refractivity contribution is 5.85. The van der Waals surface area contributed by atoms with E-state index in [0.717, 1.165) is 0 Å². The van der Waals surface area contributed by atoms with Crippen molar-refractivity contribution in [3.05, 3.63) is 0 Å². The van der Waals surface area contributed by atoms with Crippen molar-refractivity contribution in [2.24, 2.45) is 17.6 Å². The molecule has 0 aliphatic carbocycles. The van der Waals surface area contributed by atoms with Crippen molar-refractivity contribution < 1.29 is 14.3 Å². The second-order valence-electron chi connectivity index (χ2n) is 3.84. The summed E-state index contributed by atoms with van der Waals surface area (Å²) >= 11 is 0. The predicted octanol–water partition coefficient (Wildman–Crippen LogP) is -0.105. The van der Waals surface area contributed by atoms with Gasteiger partial charge in [0.15, 0.2) is 0 Å². The smallest absolute Gasteiger partial charge is 0.328 e. The molecule has 0 bridgehead atoms. The molecule has 0 heterocycles. The number of methoxy groups -OCH3 is 1. The Bertz CT molecular complexity index is 229. The molecule has 1 amide bonds. The van der Waals surface area contributed by atoms with Gasteiger partial charge in [0.1, 0.15) is 6.04 Å². The summed E-state index contributed by atoms with van der Waals surface area (Å²) in [5, 5.41) is 2.57. The average molecular weight is 216 g/mol. The van der Waals surface area contributed by atoms with Gasteiger partial charge in [-0.25, -0.2) is 4.79 Å². The molecule has 3 N–H and O–H groups in total. The Morgan fingerprint density at radius 3 is 2.20 bits per heavy atom. The minimum atomic E-state index is -0.629. The summed E-state index contributed by atoms with van der Waals surface area (Å²) in [5.41, 5.74) is 5.48. The third-order valence-corrected chi connectivity index (χ3v) is 2.31. The molecule has 0 aliphatic rings. The number of carbonyl (C=O) groups excluding carboxylic acids is 2. The number of hydrogen-bond acceptors (Lipinski definition) is 4. The lowest BCUT2D eigenvalue weighted by atomic mass is 9.95. The first-order valence-corrected chi connectivity index (χ1v) is 5.02. The first-order valence-electron chi connectivity index (χ1n) is 5.02. The van der Waals surface area contributed by atoms with Crippen molar-refractivity contribution in [3.63, 3.8) is 0 Å². The van der Waals surface area contributed by atoms with Crippen LogP contribution in [0.1, 0.15) is 20.8 Å². The summed E-state index contributed by atoms with van der Waals surface area (Å²) in [6.45, 7) is 5.69. The van der Waals surface area contributed by atoms with E-state index in [2.05, 4.69) is 10.1 Å². The lowest BCUT2D eigenvalue weighted by molar-refractivity contribution is -0.145. The molecule has 15 heavy (non-hydrogen) atoms. The van der Waals surface area contributed by atoms with Gasteiger partial charge in [-0.05, 0) is 12.8 Å². The van der Waals surface area contributed by atoms with Gasteiger partial charge >= 0.3 is 5.97 Å². The van der Waals surface area contributed by atoms with Gasteiger partial charge in [-0.15, -0.1) is 0 Å². The van der Waals surface area contributed by atoms with Crippen LogP contribution in [0.25, 0.3) is 0 Å². The molecule has 0 aromatic carbocycles. The number of amides is 1. The quantitative estimate of drug-likeness (QED) is 0.628. The molecule has 0 spiro atoms. The topological polar surface area (TPSA) is 81.4 Å². The Balaban J connectivity index is 4.28. The van der Waals surface area contributed by atoms with E-state index in [1.165, 1.54) is 7.11 Å². The van der Waals surface area contributed by atoms with Crippen LogP contribution in [0.3, 0.4) is 0 Å². The zero-order valence-electron chi connectivity index (χ0n) is 9.74. The molecule has 0 fully saturated rings. The number of nitrogens with one attached hydrogen (secondary N) is 1. The largest absolute Gasteiger partial charge is 0.467 e. The van der Waals surface area contributed by atoms with E-state index >= 15 is 0 Å². The fourth-order valence-corrected chi connectivity index (χ4v) is 1.24. The summed E-state index contributed by atoms with van der Waals surface area (Å²) < 4.78 is 4.50. The van der Waals surface area contributed by atoms with Crippen LogP contribution in [0, 0.1) is 11.8 Å². The summed E-state index contributed by atoms with van der Waals surface area (Å²) in [7, 11) is 1.29. The van der Waals surface area contributed by atoms with Gasteiger partial charge in [0.2, 0.25) is 5.91 Å². The van der Waals surface area contributed by atoms with Crippen LogP contribution in [0.4, 0.5) is 0 Å². The molecule has 5 heteroatoms. The summed E-state index contributed by atoms with van der Waals surface area (Å²) in [6, 6.07) is -0.629. The molecule has 0 aliphatic heterocycles. The Labute approximate surface area is 90.4 Å². The standard InChI is InChI=1S/C10H20N2O3/c1-6(2)8(5-11)9(13)12-7(3)10(14)15-4/h6-8H,5,11H2,1-4H3,(H,12,13)/t7-,8?/m0/s1. The van der Waals surface area contributed by atoms with Crippen molar-refractivity contribution in [3.8, 4) is 0 Å². The molecular formula is C10H20N2O3. The molecule has 88 valence electrons. The first kappa shape index (κ1) is 13.9. The maximum Gasteiger partial charge on any atom is 0.328 e. The van der Waals surface area contributed by atoms with Crippen LogP contribution < -0.4 is 11.1 Å². The van der Waals surface area contributed by atoms with Crippen molar-refractivity contribution >= 4 is 11.9 Å². The number of ether oxygens (including phenoxy) is 1. The number of esters is 1. The zero-order chi connectivity index (χ0) is 12.0. The molecule has 0 rings (SSSR count). The highest BCUT2D eigenvalue weighted by Crippen LogP contribution is 2.09. The van der Waals surface area contributed by atoms with Crippen LogP contribution in [-0.4, -0.2) is 31.6 Å². The summed E-state index contributed by atoms with van der Waals surface area (Å²) in [5.74, 6) is -0.773. The fourth-order valence-electron chi connectivity index (χ4n) is 1.24. The highest BCUT2D eigenvalue weighted by atomic mass is 16.5. The van der Waals surface area contributed by atoms with E-state index in [4.69, 9.17) is 5.73 Å². The fraction of sp³-hybridized carbons (Fsp3) is 0.800. The van der Waals surface area contributed by atoms with Gasteiger partial charge in [0.25, 0.3) is 0 Å². The molecule has 0 aromatic rings. The van der Waals surface area contributed by atoms with Crippen molar-refractivity contribution in [2.45, 2.75) is 26.8 Å². The van der Waals surface area contributed by atoms with Crippen LogP contribution in [0.5, 0.6) is 0 Å². The average Bonchev–Trinajstić information content (AvgIpc) is 2.16. The number of hydrogen-bond donors (Lipinski definition) is 2. The van der Waals surface area contributed by atoms with Crippen molar-refractivity contribution in [1.29, 1.82) is 0 Å². The lowest BCUT2D eigenvalue weighted by Gasteiger charge is -2.20. The van der Waals surface area contributed by atoms with E-state index in [0.29, 0.717) is 0 Å². The van der Waals surface area contributed by atoms with Crippen LogP contribution in [-0.2, 0) is 14.3 Å². The van der Waals surface area contributed by atoms with Crippen LogP contribution in [0.15, 0.2) is 0 Å². The Hall–Kier alpha value is -1.10. The van der Waals surface area contributed by atoms with Crippen molar-refractivity contribution in [1.82, 2.24) is 5.32 Å². The first-order chi connectivity index (χ1) is 6.93. The molecule has 0 saturated carbocycles. The molecule has 5 nitrogen and oxygen atoms in total. The maximum absolute atomic E-state index is 11.6. The van der Waals surface area contributed by atoms with E-state index < -0.39 is 12.0 Å². The number of carbonyl (C=O) groups is 2. The van der Waals surface area contributed by atoms with Gasteiger partial charge in [0, 0.05) is 6.54 Å². The Morgan fingerprint density at radius 1 is 1.33 bits per heavy atom. The molecule has 0 saturated heterocycles. The van der Waals surface area contributed by atoms with Crippen LogP contribution >= 0.6 is 0 Å². The number of rotatable bonds is 5. The van der Waals surface area contributed by atoms with Gasteiger partial charge in [-0.3, -0.25) is 4.79 Å². The Morgan fingerprint density at radius 2 is 1.87 bits per heavy atom. The van der Waals surface area contributed by atoms with Gasteiger partial charge in [0.05, 0.1) is 13.0 Å². The lowest BCUT2D eigenvalue weighted by Crippen LogP contribution is -2.45. The number of nitrogens with two attached hydrogens (primary N) is 1. The SMILES string of the molecule is COC(=O)[C@H](C)NC(=O)C(CN)C(C)C. The summed E-state index contributed by atoms with van der Waals surface area (Å²) in [6.07, 6.45) is 0. The zero-order valence-corrected chi connectivity index (χ0v) is 9.74. The van der Waals surface area contributed by atoms with E-state index in [1.54, 1.807) is 6.92 Å². The minimum absolute atomic E-state index is 0.153. The minimum Gasteiger partial charge on any atom is -0.467 e. The third-order valence-electron chi connectivity index (χ3n) is 2.31. The Kier molecular flexibility index (Phi) is 5.93. The van der Waals surface area contributed by atoms with Crippen molar-refractivity contribution in [2.75, 3.05) is 13.7 Å². The molecule has 2 atom stereocenters. The van der Waals surface area contributed by atoms with Gasteiger partial charge < -0.3 is 15.8 Å². The monoisotopic (exact) mass is 216 g/mol. The van der Waals surface area contributed by atoms with Gasteiger partial charge in [-0.1, -0.05) is 13.8 Å². The maximum atomic E-state index is 11.6. The molecule has 1 unspecified atom stereocenters. The second kappa shape index (κ2) is 6.40. The molecule has 0 aromatic heterocycles. The molecule has 0 radical (unpaired) electrons. The normalized spacial score (nSPS) is 14.5. The van der Waals surface area contributed by atoms with Gasteiger partial charge in [-0.2, -0.15) is 0 Å². The summed E-state index contributed by atoms with van der Waals surface area (Å²) in [4.78, 5) is 22.7. The van der Waals surface area contributed by atoms with E-state index in [1.807, 2.05) is 13.8 Å². The van der Waals surface area contributed by atoms with E-state index in [9.17, 15) is 9.59 Å². The second-order valence-corrected chi connectivity index (χ2v) is 3.84. The highest BCUT2D eigenvalue weighted by Gasteiger charge is 2.24. The van der Waals surface area contributed by atoms with Crippen LogP contribution in [0.2, 0.25) is 0 Å².